The first-order valence-electron chi connectivity index (χ1n) is 9.14. The zero-order valence-corrected chi connectivity index (χ0v) is 15.2. The molecule has 1 saturated heterocycles. The van der Waals surface area contributed by atoms with Gasteiger partial charge >= 0.3 is 0 Å². The molecule has 0 unspecified atom stereocenters. The van der Waals surface area contributed by atoms with Gasteiger partial charge in [-0.15, -0.1) is 0 Å². The number of nitrogens with zero attached hydrogens (tertiary/aromatic N) is 3. The number of pyridine rings is 1. The molecule has 1 aromatic carbocycles. The van der Waals surface area contributed by atoms with Crippen LogP contribution in [0.1, 0.15) is 44.7 Å². The molecule has 0 radical (unpaired) electrons. The maximum atomic E-state index is 4.74. The molecule has 1 fully saturated rings. The molecule has 0 saturated carbocycles. The quantitative estimate of drug-likeness (QED) is 0.769. The van der Waals surface area contributed by atoms with E-state index in [-0.39, 0.29) is 0 Å². The fourth-order valence-electron chi connectivity index (χ4n) is 3.63. The van der Waals surface area contributed by atoms with E-state index in [0.717, 1.165) is 11.5 Å². The van der Waals surface area contributed by atoms with Crippen molar-refractivity contribution in [1.29, 1.82) is 0 Å². The Morgan fingerprint density at radius 2 is 1.92 bits per heavy atom. The molecule has 1 aliphatic heterocycles. The number of hydrogen-bond donors (Lipinski definition) is 0. The Morgan fingerprint density at radius 1 is 1.12 bits per heavy atom. The third kappa shape index (κ3) is 3.96. The lowest BCUT2D eigenvalue weighted by Gasteiger charge is -2.37. The van der Waals surface area contributed by atoms with Crippen molar-refractivity contribution in [3.63, 3.8) is 0 Å². The van der Waals surface area contributed by atoms with Crippen LogP contribution in [0, 0.1) is 5.92 Å². The summed E-state index contributed by atoms with van der Waals surface area (Å²) in [6.45, 7) is 7.01. The van der Waals surface area contributed by atoms with Crippen molar-refractivity contribution in [2.24, 2.45) is 5.92 Å². The molecule has 0 spiro atoms. The molecule has 3 rings (SSSR count). The van der Waals surface area contributed by atoms with Crippen molar-refractivity contribution >= 4 is 11.5 Å². The Balaban J connectivity index is 1.75. The van der Waals surface area contributed by atoms with E-state index in [1.165, 1.54) is 37.9 Å². The Kier molecular flexibility index (Phi) is 5.52. The maximum absolute atomic E-state index is 4.74. The zero-order chi connectivity index (χ0) is 16.9. The molecule has 0 amide bonds. The fraction of sp³-hybridized carbons (Fsp3) is 0.476. The molecule has 0 N–H and O–H groups in total. The summed E-state index contributed by atoms with van der Waals surface area (Å²) in [6.07, 6.45) is 5.98. The molecule has 2 aromatic rings. The van der Waals surface area contributed by atoms with E-state index in [4.69, 9.17) is 4.98 Å². The van der Waals surface area contributed by atoms with E-state index >= 15 is 0 Å². The van der Waals surface area contributed by atoms with Crippen molar-refractivity contribution in [2.45, 2.75) is 39.2 Å². The minimum Gasteiger partial charge on any atom is -0.329 e. The number of aromatic nitrogens is 1. The predicted molar refractivity (Wildman–Crippen MR) is 102 cm³/mol. The standard InChI is InChI=1S/C21H29N3/c1-17(2)16-24-14-8-7-11-20(24)18-12-13-21(22-15-18)23(3)19-9-5-4-6-10-19/h4-6,9-10,12-13,15,17,20H,7-8,11,14,16H2,1-3H3/t20-/m1/s1. The number of piperidine rings is 1. The second-order valence-electron chi connectivity index (χ2n) is 7.24. The Bertz CT molecular complexity index is 621. The van der Waals surface area contributed by atoms with Gasteiger partial charge in [0, 0.05) is 31.5 Å². The summed E-state index contributed by atoms with van der Waals surface area (Å²) < 4.78 is 0. The minimum atomic E-state index is 0.532. The lowest BCUT2D eigenvalue weighted by molar-refractivity contribution is 0.132. The topological polar surface area (TPSA) is 19.4 Å². The van der Waals surface area contributed by atoms with Gasteiger partial charge < -0.3 is 4.90 Å². The summed E-state index contributed by atoms with van der Waals surface area (Å²) in [7, 11) is 2.07. The number of benzene rings is 1. The molecule has 3 nitrogen and oxygen atoms in total. The third-order valence-electron chi connectivity index (χ3n) is 4.86. The number of para-hydroxylation sites is 1. The number of anilines is 2. The van der Waals surface area contributed by atoms with Crippen molar-refractivity contribution < 1.29 is 0 Å². The van der Waals surface area contributed by atoms with Gasteiger partial charge in [-0.05, 0) is 49.1 Å². The Hall–Kier alpha value is -1.87. The molecule has 1 aliphatic rings. The first-order chi connectivity index (χ1) is 11.6. The first kappa shape index (κ1) is 17.0. The highest BCUT2D eigenvalue weighted by molar-refractivity contribution is 5.58. The Morgan fingerprint density at radius 3 is 2.58 bits per heavy atom. The summed E-state index contributed by atoms with van der Waals surface area (Å²) in [5.41, 5.74) is 2.53. The molecule has 2 heterocycles. The van der Waals surface area contributed by atoms with Crippen LogP contribution in [0.3, 0.4) is 0 Å². The van der Waals surface area contributed by atoms with Crippen LogP contribution in [0.25, 0.3) is 0 Å². The Labute approximate surface area is 146 Å². The van der Waals surface area contributed by atoms with Crippen molar-refractivity contribution in [2.75, 3.05) is 25.0 Å². The third-order valence-corrected chi connectivity index (χ3v) is 4.86. The lowest BCUT2D eigenvalue weighted by atomic mass is 9.95. The van der Waals surface area contributed by atoms with Gasteiger partial charge in [-0.25, -0.2) is 4.98 Å². The summed E-state index contributed by atoms with van der Waals surface area (Å²) in [4.78, 5) is 9.52. The van der Waals surface area contributed by atoms with E-state index < -0.39 is 0 Å². The van der Waals surface area contributed by atoms with Crippen LogP contribution in [0.2, 0.25) is 0 Å². The number of rotatable bonds is 5. The second kappa shape index (κ2) is 7.80. The van der Waals surface area contributed by atoms with Gasteiger partial charge in [-0.3, -0.25) is 4.90 Å². The molecular weight excluding hydrogens is 294 g/mol. The smallest absolute Gasteiger partial charge is 0.132 e. The second-order valence-corrected chi connectivity index (χ2v) is 7.24. The van der Waals surface area contributed by atoms with Crippen molar-refractivity contribution in [1.82, 2.24) is 9.88 Å². The summed E-state index contributed by atoms with van der Waals surface area (Å²) in [5, 5.41) is 0. The van der Waals surface area contributed by atoms with E-state index in [0.29, 0.717) is 12.0 Å². The molecule has 3 heteroatoms. The van der Waals surface area contributed by atoms with Crippen LogP contribution < -0.4 is 4.90 Å². The highest BCUT2D eigenvalue weighted by Crippen LogP contribution is 2.32. The summed E-state index contributed by atoms with van der Waals surface area (Å²) >= 11 is 0. The highest BCUT2D eigenvalue weighted by Gasteiger charge is 2.24. The van der Waals surface area contributed by atoms with Crippen molar-refractivity contribution in [3.8, 4) is 0 Å². The van der Waals surface area contributed by atoms with Gasteiger partial charge in [-0.2, -0.15) is 0 Å². The van der Waals surface area contributed by atoms with Crippen LogP contribution >= 0.6 is 0 Å². The monoisotopic (exact) mass is 323 g/mol. The SMILES string of the molecule is CC(C)CN1CCCC[C@@H]1c1ccc(N(C)c2ccccc2)nc1. The van der Waals surface area contributed by atoms with E-state index in [1.807, 2.05) is 6.07 Å². The molecule has 24 heavy (non-hydrogen) atoms. The molecule has 1 aromatic heterocycles. The minimum absolute atomic E-state index is 0.532. The molecular formula is C21H29N3. The van der Waals surface area contributed by atoms with Crippen molar-refractivity contribution in [3.05, 3.63) is 54.2 Å². The first-order valence-corrected chi connectivity index (χ1v) is 9.14. The van der Waals surface area contributed by atoms with Gasteiger partial charge in [0.2, 0.25) is 0 Å². The predicted octanol–water partition coefficient (Wildman–Crippen LogP) is 5.03. The van der Waals surface area contributed by atoms with E-state index in [1.54, 1.807) is 0 Å². The largest absolute Gasteiger partial charge is 0.329 e. The van der Waals surface area contributed by atoms with Crippen LogP contribution in [0.5, 0.6) is 0 Å². The fourth-order valence-corrected chi connectivity index (χ4v) is 3.63. The molecule has 128 valence electrons. The average molecular weight is 323 g/mol. The van der Waals surface area contributed by atoms with Gasteiger partial charge in [-0.1, -0.05) is 44.5 Å². The zero-order valence-electron chi connectivity index (χ0n) is 15.2. The van der Waals surface area contributed by atoms with Crippen LogP contribution in [-0.2, 0) is 0 Å². The van der Waals surface area contributed by atoms with E-state index in [2.05, 4.69) is 73.3 Å². The lowest BCUT2D eigenvalue weighted by Crippen LogP contribution is -2.36. The average Bonchev–Trinajstić information content (AvgIpc) is 2.62. The van der Waals surface area contributed by atoms with Gasteiger partial charge in [0.15, 0.2) is 0 Å². The molecule has 0 aliphatic carbocycles. The summed E-state index contributed by atoms with van der Waals surface area (Å²) in [6, 6.07) is 15.3. The van der Waals surface area contributed by atoms with Crippen LogP contribution in [0.15, 0.2) is 48.7 Å². The number of likely N-dealkylation sites (tertiary alicyclic amines) is 1. The highest BCUT2D eigenvalue weighted by atomic mass is 15.2. The van der Waals surface area contributed by atoms with Crippen LogP contribution in [0.4, 0.5) is 11.5 Å². The molecule has 0 bridgehead atoms. The van der Waals surface area contributed by atoms with Gasteiger partial charge in [0.1, 0.15) is 5.82 Å². The van der Waals surface area contributed by atoms with Gasteiger partial charge in [0.25, 0.3) is 0 Å². The number of hydrogen-bond acceptors (Lipinski definition) is 3. The normalized spacial score (nSPS) is 18.8. The van der Waals surface area contributed by atoms with Crippen LogP contribution in [-0.4, -0.2) is 30.0 Å². The summed E-state index contributed by atoms with van der Waals surface area (Å²) in [5.74, 6) is 1.71. The maximum Gasteiger partial charge on any atom is 0.132 e. The van der Waals surface area contributed by atoms with Gasteiger partial charge in [0.05, 0.1) is 0 Å². The van der Waals surface area contributed by atoms with E-state index in [9.17, 15) is 0 Å². The molecule has 1 atom stereocenters.